The average molecular weight is 234 g/mol. The van der Waals surface area contributed by atoms with E-state index in [4.69, 9.17) is 0 Å². The van der Waals surface area contributed by atoms with E-state index in [1.165, 1.54) is 7.11 Å². The number of carbonyl (C=O) groups excluding carboxylic acids is 1. The molecule has 0 radical (unpaired) electrons. The van der Waals surface area contributed by atoms with E-state index < -0.39 is 12.2 Å². The third kappa shape index (κ3) is 2.39. The lowest BCUT2D eigenvalue weighted by molar-refractivity contribution is 0.148. The van der Waals surface area contributed by atoms with Crippen LogP contribution in [0.25, 0.3) is 10.9 Å². The van der Waals surface area contributed by atoms with Crippen LogP contribution in [-0.4, -0.2) is 29.8 Å². The Morgan fingerprint density at radius 3 is 3.12 bits per heavy atom. The van der Waals surface area contributed by atoms with Crippen molar-refractivity contribution in [2.24, 2.45) is 0 Å². The molecule has 0 aliphatic carbocycles. The number of aliphatic hydroxyl groups is 1. The molecule has 0 saturated heterocycles. The van der Waals surface area contributed by atoms with Gasteiger partial charge < -0.3 is 20.1 Å². The SMILES string of the molecule is COC(=O)NCC(O)c1cccc2[nH]ccc12. The highest BCUT2D eigenvalue weighted by Crippen LogP contribution is 2.23. The van der Waals surface area contributed by atoms with Gasteiger partial charge in [0.1, 0.15) is 0 Å². The van der Waals surface area contributed by atoms with Crippen molar-refractivity contribution in [2.75, 3.05) is 13.7 Å². The zero-order valence-electron chi connectivity index (χ0n) is 9.43. The Labute approximate surface area is 98.4 Å². The fourth-order valence-corrected chi connectivity index (χ4v) is 1.76. The number of aliphatic hydroxyl groups excluding tert-OH is 1. The molecule has 5 nitrogen and oxygen atoms in total. The van der Waals surface area contributed by atoms with Crippen LogP contribution in [0.4, 0.5) is 4.79 Å². The number of H-pyrrole nitrogens is 1. The summed E-state index contributed by atoms with van der Waals surface area (Å²) in [7, 11) is 1.29. The van der Waals surface area contributed by atoms with Crippen LogP contribution in [0.3, 0.4) is 0 Å². The molecule has 1 atom stereocenters. The summed E-state index contributed by atoms with van der Waals surface area (Å²) in [6, 6.07) is 7.51. The summed E-state index contributed by atoms with van der Waals surface area (Å²) in [5.41, 5.74) is 1.74. The minimum atomic E-state index is -0.756. The molecule has 5 heteroatoms. The molecule has 1 aromatic heterocycles. The Balaban J connectivity index is 2.15. The second-order valence-electron chi connectivity index (χ2n) is 3.67. The van der Waals surface area contributed by atoms with E-state index in [0.29, 0.717) is 0 Å². The van der Waals surface area contributed by atoms with Crippen LogP contribution in [0.2, 0.25) is 0 Å². The zero-order chi connectivity index (χ0) is 12.3. The number of aromatic amines is 1. The fourth-order valence-electron chi connectivity index (χ4n) is 1.76. The molecule has 0 bridgehead atoms. The highest BCUT2D eigenvalue weighted by molar-refractivity contribution is 5.83. The normalized spacial score (nSPS) is 12.4. The van der Waals surface area contributed by atoms with E-state index >= 15 is 0 Å². The number of rotatable bonds is 3. The predicted octanol–water partition coefficient (Wildman–Crippen LogP) is 1.56. The largest absolute Gasteiger partial charge is 0.453 e. The van der Waals surface area contributed by atoms with Gasteiger partial charge in [-0.25, -0.2) is 4.79 Å². The highest BCUT2D eigenvalue weighted by atomic mass is 16.5. The van der Waals surface area contributed by atoms with Crippen molar-refractivity contribution < 1.29 is 14.6 Å². The topological polar surface area (TPSA) is 74.3 Å². The molecule has 0 saturated carbocycles. The number of carbonyl (C=O) groups is 1. The number of nitrogens with one attached hydrogen (secondary N) is 2. The first-order valence-corrected chi connectivity index (χ1v) is 5.28. The second kappa shape index (κ2) is 4.88. The minimum Gasteiger partial charge on any atom is -0.453 e. The van der Waals surface area contributed by atoms with E-state index in [9.17, 15) is 9.90 Å². The lowest BCUT2D eigenvalue weighted by Crippen LogP contribution is -2.28. The van der Waals surface area contributed by atoms with Crippen LogP contribution in [0.1, 0.15) is 11.7 Å². The molecule has 1 aromatic carbocycles. The first-order valence-electron chi connectivity index (χ1n) is 5.28. The van der Waals surface area contributed by atoms with Crippen LogP contribution < -0.4 is 5.32 Å². The molecule has 0 fully saturated rings. The van der Waals surface area contributed by atoms with Gasteiger partial charge in [0.25, 0.3) is 0 Å². The quantitative estimate of drug-likeness (QED) is 0.754. The third-order valence-corrected chi connectivity index (χ3v) is 2.61. The minimum absolute atomic E-state index is 0.122. The highest BCUT2D eigenvalue weighted by Gasteiger charge is 2.12. The predicted molar refractivity (Wildman–Crippen MR) is 63.7 cm³/mol. The number of hydrogen-bond acceptors (Lipinski definition) is 3. The summed E-state index contributed by atoms with van der Waals surface area (Å²) < 4.78 is 4.44. The first kappa shape index (κ1) is 11.5. The smallest absolute Gasteiger partial charge is 0.406 e. The molecule has 0 spiro atoms. The van der Waals surface area contributed by atoms with Crippen LogP contribution >= 0.6 is 0 Å². The molecule has 2 rings (SSSR count). The van der Waals surface area contributed by atoms with E-state index in [1.54, 1.807) is 0 Å². The van der Waals surface area contributed by atoms with Gasteiger partial charge in [0.05, 0.1) is 19.8 Å². The van der Waals surface area contributed by atoms with Gasteiger partial charge in [0, 0.05) is 17.1 Å². The monoisotopic (exact) mass is 234 g/mol. The number of ether oxygens (including phenoxy) is 1. The van der Waals surface area contributed by atoms with Crippen LogP contribution in [0.15, 0.2) is 30.5 Å². The van der Waals surface area contributed by atoms with Gasteiger partial charge in [0.15, 0.2) is 0 Å². The fraction of sp³-hybridized carbons (Fsp3) is 0.250. The van der Waals surface area contributed by atoms with Gasteiger partial charge >= 0.3 is 6.09 Å². The number of hydrogen-bond donors (Lipinski definition) is 3. The maximum atomic E-state index is 10.9. The Morgan fingerprint density at radius 1 is 1.53 bits per heavy atom. The molecule has 0 aliphatic rings. The van der Waals surface area contributed by atoms with E-state index in [1.807, 2.05) is 30.5 Å². The Kier molecular flexibility index (Phi) is 3.30. The molecule has 3 N–H and O–H groups in total. The van der Waals surface area contributed by atoms with Crippen molar-refractivity contribution in [3.8, 4) is 0 Å². The Bertz CT molecular complexity index is 521. The van der Waals surface area contributed by atoms with Crippen LogP contribution in [0, 0.1) is 0 Å². The number of amides is 1. The van der Waals surface area contributed by atoms with Crippen molar-refractivity contribution in [2.45, 2.75) is 6.10 Å². The van der Waals surface area contributed by atoms with Crippen molar-refractivity contribution in [3.05, 3.63) is 36.0 Å². The van der Waals surface area contributed by atoms with Crippen LogP contribution in [-0.2, 0) is 4.74 Å². The van der Waals surface area contributed by atoms with Gasteiger partial charge in [-0.05, 0) is 17.7 Å². The average Bonchev–Trinajstić information content (AvgIpc) is 2.83. The lowest BCUT2D eigenvalue weighted by atomic mass is 10.0. The molecule has 90 valence electrons. The molecule has 1 unspecified atom stereocenters. The van der Waals surface area contributed by atoms with Crippen molar-refractivity contribution in [1.29, 1.82) is 0 Å². The summed E-state index contributed by atoms with van der Waals surface area (Å²) in [4.78, 5) is 14.0. The van der Waals surface area contributed by atoms with Gasteiger partial charge in [-0.2, -0.15) is 0 Å². The molecule has 2 aromatic rings. The summed E-state index contributed by atoms with van der Waals surface area (Å²) in [6.45, 7) is 0.122. The summed E-state index contributed by atoms with van der Waals surface area (Å²) >= 11 is 0. The van der Waals surface area contributed by atoms with E-state index in [2.05, 4.69) is 15.0 Å². The number of fused-ring (bicyclic) bond motifs is 1. The van der Waals surface area contributed by atoms with Crippen molar-refractivity contribution in [1.82, 2.24) is 10.3 Å². The van der Waals surface area contributed by atoms with Crippen LogP contribution in [0.5, 0.6) is 0 Å². The summed E-state index contributed by atoms with van der Waals surface area (Å²) in [5, 5.41) is 13.4. The molecule has 0 aliphatic heterocycles. The van der Waals surface area contributed by atoms with Crippen molar-refractivity contribution in [3.63, 3.8) is 0 Å². The van der Waals surface area contributed by atoms with Gasteiger partial charge in [-0.15, -0.1) is 0 Å². The maximum Gasteiger partial charge on any atom is 0.406 e. The molecule has 1 amide bonds. The van der Waals surface area contributed by atoms with Crippen molar-refractivity contribution >= 4 is 17.0 Å². The number of benzene rings is 1. The maximum absolute atomic E-state index is 10.9. The molecule has 17 heavy (non-hydrogen) atoms. The standard InChI is InChI=1S/C12H14N2O3/c1-17-12(16)14-7-11(15)9-3-2-4-10-8(9)5-6-13-10/h2-6,11,13,15H,7H2,1H3,(H,14,16). The Morgan fingerprint density at radius 2 is 2.35 bits per heavy atom. The number of methoxy groups -OCH3 is 1. The third-order valence-electron chi connectivity index (χ3n) is 2.61. The number of aromatic nitrogens is 1. The molecular formula is C12H14N2O3. The molecular weight excluding hydrogens is 220 g/mol. The first-order chi connectivity index (χ1) is 8.22. The second-order valence-corrected chi connectivity index (χ2v) is 3.67. The van der Waals surface area contributed by atoms with Gasteiger partial charge in [-0.3, -0.25) is 0 Å². The lowest BCUT2D eigenvalue weighted by Gasteiger charge is -2.12. The summed E-state index contributed by atoms with van der Waals surface area (Å²) in [5.74, 6) is 0. The molecule has 1 heterocycles. The number of alkyl carbamates (subject to hydrolysis) is 1. The Hall–Kier alpha value is -2.01. The summed E-state index contributed by atoms with van der Waals surface area (Å²) in [6.07, 6.45) is 0.508. The zero-order valence-corrected chi connectivity index (χ0v) is 9.43. The van der Waals surface area contributed by atoms with Gasteiger partial charge in [0.2, 0.25) is 0 Å². The van der Waals surface area contributed by atoms with E-state index in [-0.39, 0.29) is 6.54 Å². The van der Waals surface area contributed by atoms with Gasteiger partial charge in [-0.1, -0.05) is 12.1 Å². The van der Waals surface area contributed by atoms with E-state index in [0.717, 1.165) is 16.5 Å².